The number of nitrogens with zero attached hydrogens (tertiary/aromatic N) is 1. The molecule has 0 aliphatic carbocycles. The van der Waals surface area contributed by atoms with Crippen LogP contribution >= 0.6 is 11.6 Å². The second-order valence-corrected chi connectivity index (χ2v) is 10.0. The van der Waals surface area contributed by atoms with Gasteiger partial charge < -0.3 is 19.7 Å². The average Bonchev–Trinajstić information content (AvgIpc) is 3.35. The molecule has 0 saturated heterocycles. The van der Waals surface area contributed by atoms with Crippen molar-refractivity contribution in [1.29, 1.82) is 0 Å². The van der Waals surface area contributed by atoms with Crippen LogP contribution in [0.2, 0.25) is 5.02 Å². The molecule has 6 nitrogen and oxygen atoms in total. The lowest BCUT2D eigenvalue weighted by Crippen LogP contribution is -2.57. The molecule has 1 unspecified atom stereocenters. The molecule has 7 heteroatoms. The summed E-state index contributed by atoms with van der Waals surface area (Å²) in [7, 11) is 0. The number of carbonyl (C=O) groups is 2. The molecule has 0 spiro atoms. The summed E-state index contributed by atoms with van der Waals surface area (Å²) in [5, 5.41) is 3.64. The Balaban J connectivity index is 1.74. The number of para-hydroxylation sites is 1. The van der Waals surface area contributed by atoms with Gasteiger partial charge in [-0.25, -0.2) is 0 Å². The average molecular weight is 507 g/mol. The Hall–Kier alpha value is -3.51. The zero-order chi connectivity index (χ0) is 25.7. The third-order valence-electron chi connectivity index (χ3n) is 6.44. The lowest BCUT2D eigenvalue weighted by atomic mass is 9.87. The second kappa shape index (κ2) is 11.0. The zero-order valence-corrected chi connectivity index (χ0v) is 21.5. The van der Waals surface area contributed by atoms with Gasteiger partial charge in [-0.05, 0) is 73.7 Å². The van der Waals surface area contributed by atoms with Gasteiger partial charge in [0.1, 0.15) is 5.54 Å². The molecule has 188 valence electrons. The fourth-order valence-corrected chi connectivity index (χ4v) is 4.28. The summed E-state index contributed by atoms with van der Waals surface area (Å²) in [4.78, 5) is 29.6. The van der Waals surface area contributed by atoms with E-state index in [0.717, 1.165) is 12.0 Å². The Bertz CT molecular complexity index is 1210. The highest BCUT2D eigenvalue weighted by molar-refractivity contribution is 6.30. The van der Waals surface area contributed by atoms with Crippen LogP contribution in [0.3, 0.4) is 0 Å². The number of halogens is 1. The first-order valence-corrected chi connectivity index (χ1v) is 12.5. The number of hydrogen-bond donors (Lipinski definition) is 1. The number of hydrogen-bond acceptors (Lipinski definition) is 4. The molecule has 1 atom stereocenters. The fraction of sp³-hybridized carbons (Fsp3) is 0.310. The van der Waals surface area contributed by atoms with Crippen LogP contribution in [0.15, 0.2) is 72.8 Å². The molecule has 1 aliphatic heterocycles. The van der Waals surface area contributed by atoms with E-state index in [9.17, 15) is 9.59 Å². The van der Waals surface area contributed by atoms with Gasteiger partial charge in [0.15, 0.2) is 11.5 Å². The van der Waals surface area contributed by atoms with Gasteiger partial charge in [0.05, 0.1) is 0 Å². The van der Waals surface area contributed by atoms with Crippen molar-refractivity contribution in [2.75, 3.05) is 12.1 Å². The number of rotatable bonds is 9. The van der Waals surface area contributed by atoms with Crippen LogP contribution in [0.1, 0.15) is 49.5 Å². The Morgan fingerprint density at radius 1 is 1.00 bits per heavy atom. The smallest absolute Gasteiger partial charge is 0.255 e. The number of fused-ring (bicyclic) bond motifs is 1. The molecular weight excluding hydrogens is 476 g/mol. The minimum atomic E-state index is -1.13. The van der Waals surface area contributed by atoms with Crippen LogP contribution in [0.5, 0.6) is 11.5 Å². The van der Waals surface area contributed by atoms with Gasteiger partial charge in [-0.2, -0.15) is 0 Å². The molecule has 3 aromatic rings. The van der Waals surface area contributed by atoms with Crippen LogP contribution in [-0.4, -0.2) is 29.0 Å². The van der Waals surface area contributed by atoms with E-state index in [-0.39, 0.29) is 25.2 Å². The molecule has 3 aromatic carbocycles. The second-order valence-electron chi connectivity index (χ2n) is 9.61. The normalized spacial score (nSPS) is 13.8. The van der Waals surface area contributed by atoms with Crippen molar-refractivity contribution in [1.82, 2.24) is 4.90 Å². The molecule has 2 amide bonds. The lowest BCUT2D eigenvalue weighted by Gasteiger charge is -2.41. The highest BCUT2D eigenvalue weighted by Gasteiger charge is 2.42. The van der Waals surface area contributed by atoms with Crippen LogP contribution in [0, 0.1) is 5.92 Å². The lowest BCUT2D eigenvalue weighted by molar-refractivity contribution is -0.126. The summed E-state index contributed by atoms with van der Waals surface area (Å²) < 4.78 is 10.9. The molecule has 0 radical (unpaired) electrons. The molecular formula is C29H31ClN2O4. The number of nitrogens with one attached hydrogen (secondary N) is 1. The molecule has 1 N–H and O–H groups in total. The first kappa shape index (κ1) is 25.6. The van der Waals surface area contributed by atoms with Gasteiger partial charge in [-0.1, -0.05) is 55.8 Å². The number of anilines is 1. The maximum atomic E-state index is 14.1. The summed E-state index contributed by atoms with van der Waals surface area (Å²) >= 11 is 6.11. The molecule has 0 saturated carbocycles. The van der Waals surface area contributed by atoms with E-state index in [0.29, 0.717) is 40.1 Å². The number of benzene rings is 3. The van der Waals surface area contributed by atoms with Crippen LogP contribution < -0.4 is 14.8 Å². The SMILES string of the molecule is CC(C)CCC(C)(C(=O)Nc1ccccc1)N(Cc1ccc(Cl)cc1)C(=O)c1ccc2c(c1)OCO2. The van der Waals surface area contributed by atoms with Crippen LogP contribution in [-0.2, 0) is 11.3 Å². The largest absolute Gasteiger partial charge is 0.454 e. The number of ether oxygens (including phenoxy) is 2. The van der Waals surface area contributed by atoms with E-state index in [1.165, 1.54) is 0 Å². The zero-order valence-electron chi connectivity index (χ0n) is 20.8. The van der Waals surface area contributed by atoms with Crippen molar-refractivity contribution in [3.8, 4) is 11.5 Å². The predicted octanol–water partition coefficient (Wildman–Crippen LogP) is 6.54. The molecule has 0 aromatic heterocycles. The maximum Gasteiger partial charge on any atom is 0.255 e. The van der Waals surface area contributed by atoms with E-state index in [4.69, 9.17) is 21.1 Å². The third-order valence-corrected chi connectivity index (χ3v) is 6.70. The van der Waals surface area contributed by atoms with E-state index in [1.54, 1.807) is 35.2 Å². The van der Waals surface area contributed by atoms with Crippen LogP contribution in [0.25, 0.3) is 0 Å². The number of amides is 2. The van der Waals surface area contributed by atoms with Crippen molar-refractivity contribution in [3.05, 3.63) is 88.9 Å². The van der Waals surface area contributed by atoms with Gasteiger partial charge in [-0.15, -0.1) is 0 Å². The highest BCUT2D eigenvalue weighted by Crippen LogP contribution is 2.35. The summed E-state index contributed by atoms with van der Waals surface area (Å²) in [5.41, 5.74) is 0.848. The minimum Gasteiger partial charge on any atom is -0.454 e. The van der Waals surface area contributed by atoms with Crippen molar-refractivity contribution < 1.29 is 19.1 Å². The Morgan fingerprint density at radius 2 is 1.69 bits per heavy atom. The molecule has 1 heterocycles. The quantitative estimate of drug-likeness (QED) is 0.357. The van der Waals surface area contributed by atoms with Gasteiger partial charge in [0, 0.05) is 22.8 Å². The van der Waals surface area contributed by atoms with Gasteiger partial charge in [0.2, 0.25) is 12.7 Å². The van der Waals surface area contributed by atoms with Gasteiger partial charge in [-0.3, -0.25) is 9.59 Å². The monoisotopic (exact) mass is 506 g/mol. The first-order chi connectivity index (χ1) is 17.3. The van der Waals surface area contributed by atoms with Crippen molar-refractivity contribution in [3.63, 3.8) is 0 Å². The predicted molar refractivity (Wildman–Crippen MR) is 141 cm³/mol. The van der Waals surface area contributed by atoms with Crippen molar-refractivity contribution in [2.45, 2.75) is 45.7 Å². The van der Waals surface area contributed by atoms with E-state index in [1.807, 2.05) is 49.4 Å². The minimum absolute atomic E-state index is 0.118. The Kier molecular flexibility index (Phi) is 7.85. The van der Waals surface area contributed by atoms with E-state index < -0.39 is 5.54 Å². The first-order valence-electron chi connectivity index (χ1n) is 12.1. The molecule has 0 fully saturated rings. The fourth-order valence-electron chi connectivity index (χ4n) is 4.16. The summed E-state index contributed by atoms with van der Waals surface area (Å²) in [6.45, 7) is 6.42. The summed E-state index contributed by atoms with van der Waals surface area (Å²) in [6, 6.07) is 21.7. The van der Waals surface area contributed by atoms with Gasteiger partial charge in [0.25, 0.3) is 5.91 Å². The molecule has 4 rings (SSSR count). The molecule has 1 aliphatic rings. The Morgan fingerprint density at radius 3 is 2.39 bits per heavy atom. The highest BCUT2D eigenvalue weighted by atomic mass is 35.5. The number of carbonyl (C=O) groups excluding carboxylic acids is 2. The summed E-state index contributed by atoms with van der Waals surface area (Å²) in [6.07, 6.45) is 1.26. The Labute approximate surface area is 217 Å². The summed E-state index contributed by atoms with van der Waals surface area (Å²) in [5.74, 6) is 0.965. The molecule has 0 bridgehead atoms. The third kappa shape index (κ3) is 5.82. The molecule has 36 heavy (non-hydrogen) atoms. The standard InChI is InChI=1S/C29H31ClN2O4/c1-20(2)15-16-29(3,28(34)31-24-7-5-4-6-8-24)32(18-21-9-12-23(30)13-10-21)27(33)22-11-14-25-26(17-22)36-19-35-25/h4-14,17,20H,15-16,18-19H2,1-3H3,(H,31,34). The van der Waals surface area contributed by atoms with E-state index >= 15 is 0 Å². The van der Waals surface area contributed by atoms with Gasteiger partial charge >= 0.3 is 0 Å². The van der Waals surface area contributed by atoms with Crippen molar-refractivity contribution >= 4 is 29.1 Å². The maximum absolute atomic E-state index is 14.1. The topological polar surface area (TPSA) is 67.9 Å². The van der Waals surface area contributed by atoms with Crippen molar-refractivity contribution in [2.24, 2.45) is 5.92 Å². The van der Waals surface area contributed by atoms with E-state index in [2.05, 4.69) is 19.2 Å². The van der Waals surface area contributed by atoms with Crippen LogP contribution in [0.4, 0.5) is 5.69 Å².